The van der Waals surface area contributed by atoms with E-state index in [-0.39, 0.29) is 10.8 Å². The van der Waals surface area contributed by atoms with Gasteiger partial charge in [0.25, 0.3) is 0 Å². The summed E-state index contributed by atoms with van der Waals surface area (Å²) in [4.78, 5) is 29.5. The summed E-state index contributed by atoms with van der Waals surface area (Å²) in [7, 11) is 1.96. The molecule has 0 radical (unpaired) electrons. The topological polar surface area (TPSA) is 70.4 Å². The molecular weight excluding hydrogens is 378 g/mol. The summed E-state index contributed by atoms with van der Waals surface area (Å²) in [5, 5.41) is 4.30. The summed E-state index contributed by atoms with van der Waals surface area (Å²) in [6.07, 6.45) is 10.7. The number of carbonyl (C=O) groups excluding carboxylic acids is 1. The first-order valence-electron chi connectivity index (χ1n) is 11.1. The minimum atomic E-state index is -0.303. The molecular formula is C22H31N7O. The van der Waals surface area contributed by atoms with Crippen molar-refractivity contribution in [2.24, 2.45) is 17.9 Å². The minimum Gasteiger partial charge on any atom is -0.342 e. The van der Waals surface area contributed by atoms with Crippen molar-refractivity contribution in [3.63, 3.8) is 0 Å². The van der Waals surface area contributed by atoms with Gasteiger partial charge in [-0.25, -0.2) is 9.97 Å². The summed E-state index contributed by atoms with van der Waals surface area (Å²) >= 11 is 0. The number of aromatic nitrogens is 4. The summed E-state index contributed by atoms with van der Waals surface area (Å²) in [5.41, 5.74) is 0.948. The predicted molar refractivity (Wildman–Crippen MR) is 114 cm³/mol. The maximum atomic E-state index is 13.6. The molecule has 8 nitrogen and oxygen atoms in total. The van der Waals surface area contributed by atoms with Crippen molar-refractivity contribution in [2.75, 3.05) is 44.2 Å². The van der Waals surface area contributed by atoms with Gasteiger partial charge in [-0.3, -0.25) is 14.4 Å². The average molecular weight is 410 g/mol. The summed E-state index contributed by atoms with van der Waals surface area (Å²) in [5.74, 6) is 1.11. The van der Waals surface area contributed by atoms with Crippen LogP contribution in [0.1, 0.15) is 31.7 Å². The lowest BCUT2D eigenvalue weighted by Gasteiger charge is -2.46. The van der Waals surface area contributed by atoms with Gasteiger partial charge in [-0.1, -0.05) is 0 Å². The third-order valence-corrected chi connectivity index (χ3v) is 7.67. The second-order valence-electron chi connectivity index (χ2n) is 9.20. The van der Waals surface area contributed by atoms with E-state index in [4.69, 9.17) is 0 Å². The molecule has 0 aliphatic carbocycles. The number of likely N-dealkylation sites (tertiary alicyclic amines) is 2. The van der Waals surface area contributed by atoms with Crippen LogP contribution in [0.2, 0.25) is 0 Å². The smallest absolute Gasteiger partial charge is 0.231 e. The lowest BCUT2D eigenvalue weighted by molar-refractivity contribution is -0.142. The Bertz CT molecular complexity index is 905. The highest BCUT2D eigenvalue weighted by Crippen LogP contribution is 2.58. The van der Waals surface area contributed by atoms with Crippen LogP contribution in [-0.4, -0.2) is 74.7 Å². The van der Waals surface area contributed by atoms with Crippen LogP contribution in [-0.2, 0) is 18.4 Å². The van der Waals surface area contributed by atoms with Crippen LogP contribution in [0.25, 0.3) is 0 Å². The molecule has 2 aromatic heterocycles. The van der Waals surface area contributed by atoms with Crippen LogP contribution in [0.3, 0.4) is 0 Å². The molecule has 1 unspecified atom stereocenters. The Labute approximate surface area is 177 Å². The van der Waals surface area contributed by atoms with Crippen molar-refractivity contribution in [2.45, 2.75) is 32.7 Å². The number of amides is 1. The maximum absolute atomic E-state index is 13.6. The fraction of sp³-hybridized carbons (Fsp3) is 0.636. The molecule has 3 aliphatic rings. The van der Waals surface area contributed by atoms with Gasteiger partial charge in [0.1, 0.15) is 0 Å². The Balaban J connectivity index is 1.39. The zero-order valence-corrected chi connectivity index (χ0v) is 18.0. The van der Waals surface area contributed by atoms with Crippen molar-refractivity contribution >= 4 is 11.9 Å². The van der Waals surface area contributed by atoms with Crippen LogP contribution in [0.4, 0.5) is 5.95 Å². The molecule has 0 bridgehead atoms. The number of carbonyl (C=O) groups is 1. The maximum Gasteiger partial charge on any atom is 0.231 e. The summed E-state index contributed by atoms with van der Waals surface area (Å²) in [6, 6.07) is 1.85. The molecule has 2 spiro atoms. The molecule has 8 heteroatoms. The van der Waals surface area contributed by atoms with Gasteiger partial charge in [-0.05, 0) is 45.3 Å². The number of nitrogens with zero attached hydrogens (tertiary/aromatic N) is 7. The van der Waals surface area contributed by atoms with Crippen LogP contribution in [0.15, 0.2) is 30.9 Å². The molecule has 0 aromatic carbocycles. The van der Waals surface area contributed by atoms with Gasteiger partial charge in [0.2, 0.25) is 11.9 Å². The number of aryl methyl sites for hydroxylation is 1. The predicted octanol–water partition coefficient (Wildman–Crippen LogP) is 1.55. The first-order chi connectivity index (χ1) is 14.6. The van der Waals surface area contributed by atoms with Crippen LogP contribution in [0, 0.1) is 10.8 Å². The monoisotopic (exact) mass is 409 g/mol. The van der Waals surface area contributed by atoms with Crippen LogP contribution in [0.5, 0.6) is 0 Å². The normalized spacial score (nSPS) is 26.4. The average Bonchev–Trinajstić information content (AvgIpc) is 3.42. The zero-order valence-electron chi connectivity index (χ0n) is 18.0. The van der Waals surface area contributed by atoms with Crippen LogP contribution >= 0.6 is 0 Å². The van der Waals surface area contributed by atoms with Crippen molar-refractivity contribution in [1.82, 2.24) is 29.5 Å². The van der Waals surface area contributed by atoms with Gasteiger partial charge in [-0.15, -0.1) is 0 Å². The van der Waals surface area contributed by atoms with Gasteiger partial charge >= 0.3 is 0 Å². The van der Waals surface area contributed by atoms with E-state index in [1.165, 1.54) is 5.56 Å². The molecule has 3 aliphatic heterocycles. The summed E-state index contributed by atoms with van der Waals surface area (Å²) in [6.45, 7) is 8.34. The van der Waals surface area contributed by atoms with E-state index in [0.717, 1.165) is 71.0 Å². The molecule has 1 atom stereocenters. The lowest BCUT2D eigenvalue weighted by atomic mass is 9.60. The Hall–Kier alpha value is -2.48. The highest BCUT2D eigenvalue weighted by Gasteiger charge is 2.65. The molecule has 160 valence electrons. The third-order valence-electron chi connectivity index (χ3n) is 7.67. The van der Waals surface area contributed by atoms with Gasteiger partial charge in [-0.2, -0.15) is 5.10 Å². The van der Waals surface area contributed by atoms with Gasteiger partial charge in [0.05, 0.1) is 11.6 Å². The number of anilines is 1. The Kier molecular flexibility index (Phi) is 4.76. The molecule has 0 saturated carbocycles. The lowest BCUT2D eigenvalue weighted by Crippen LogP contribution is -2.52. The minimum absolute atomic E-state index is 0.00135. The molecule has 3 fully saturated rings. The first-order valence-corrected chi connectivity index (χ1v) is 11.1. The van der Waals surface area contributed by atoms with Gasteiger partial charge < -0.3 is 9.80 Å². The molecule has 3 saturated heterocycles. The standard InChI is InChI=1S/C22H31N7O/c1-3-28-12-7-22(19(28)30)17-29(20-23-8-4-9-24-20)16-21(22)5-10-27(11-6-21)15-18-13-25-26(2)14-18/h4,8-9,13-14H,3,5-7,10-12,15-17H2,1-2H3. The van der Waals surface area contributed by atoms with Crippen molar-refractivity contribution in [1.29, 1.82) is 0 Å². The SMILES string of the molecule is CCN1CCC2(CN(c3ncccn3)CC23CCN(Cc2cnn(C)c2)CC3)C1=O. The highest BCUT2D eigenvalue weighted by molar-refractivity contribution is 5.87. The molecule has 0 N–H and O–H groups in total. The zero-order chi connectivity index (χ0) is 20.8. The third kappa shape index (κ3) is 3.00. The number of piperidine rings is 1. The van der Waals surface area contributed by atoms with Gasteiger partial charge in [0, 0.05) is 69.3 Å². The highest BCUT2D eigenvalue weighted by atomic mass is 16.2. The Morgan fingerprint density at radius 3 is 2.47 bits per heavy atom. The number of hydrogen-bond acceptors (Lipinski definition) is 6. The van der Waals surface area contributed by atoms with E-state index in [1.54, 1.807) is 12.4 Å². The quantitative estimate of drug-likeness (QED) is 0.763. The molecule has 1 amide bonds. The van der Waals surface area contributed by atoms with Crippen LogP contribution < -0.4 is 4.90 Å². The van der Waals surface area contributed by atoms with Crippen molar-refractivity contribution < 1.29 is 4.79 Å². The number of fused-ring (bicyclic) bond motifs is 1. The fourth-order valence-corrected chi connectivity index (χ4v) is 6.03. The van der Waals surface area contributed by atoms with E-state index >= 15 is 0 Å². The van der Waals surface area contributed by atoms with E-state index in [9.17, 15) is 4.79 Å². The van der Waals surface area contributed by atoms with Gasteiger partial charge in [0.15, 0.2) is 0 Å². The molecule has 5 heterocycles. The second-order valence-corrected chi connectivity index (χ2v) is 9.20. The molecule has 2 aromatic rings. The summed E-state index contributed by atoms with van der Waals surface area (Å²) < 4.78 is 1.86. The van der Waals surface area contributed by atoms with E-state index in [1.807, 2.05) is 24.0 Å². The number of rotatable bonds is 4. The van der Waals surface area contributed by atoms with E-state index in [2.05, 4.69) is 42.9 Å². The largest absolute Gasteiger partial charge is 0.342 e. The molecule has 5 rings (SSSR count). The second kappa shape index (κ2) is 7.34. The van der Waals surface area contributed by atoms with Crippen molar-refractivity contribution in [3.8, 4) is 0 Å². The Morgan fingerprint density at radius 2 is 1.83 bits per heavy atom. The fourth-order valence-electron chi connectivity index (χ4n) is 6.03. The van der Waals surface area contributed by atoms with Crippen molar-refractivity contribution in [3.05, 3.63) is 36.4 Å². The van der Waals surface area contributed by atoms with E-state index < -0.39 is 0 Å². The molecule has 30 heavy (non-hydrogen) atoms. The number of hydrogen-bond donors (Lipinski definition) is 0. The van der Waals surface area contributed by atoms with E-state index in [0.29, 0.717) is 5.91 Å². The first kappa shape index (κ1) is 19.5. The Morgan fingerprint density at radius 1 is 1.07 bits per heavy atom.